The number of allylic oxidation sites excluding steroid dienone is 2. The lowest BCUT2D eigenvalue weighted by Gasteiger charge is -1.91. The van der Waals surface area contributed by atoms with Gasteiger partial charge >= 0.3 is 0 Å². The molecule has 0 bridgehead atoms. The molecule has 0 spiro atoms. The Morgan fingerprint density at radius 3 is 2.30 bits per heavy atom. The molecule has 0 saturated heterocycles. The molecule has 0 aromatic carbocycles. The smallest absolute Gasteiger partial charge is 0.178 e. The average Bonchev–Trinajstić information content (AvgIpc) is 2.10. The molecule has 0 atom stereocenters. The third kappa shape index (κ3) is 1.15. The second-order valence-electron chi connectivity index (χ2n) is 2.71. The van der Waals surface area contributed by atoms with Gasteiger partial charge in [-0.3, -0.25) is 9.79 Å². The summed E-state index contributed by atoms with van der Waals surface area (Å²) in [6.07, 6.45) is 0.870. The molecular weight excluding hydrogens is 126 g/mol. The predicted molar refractivity (Wildman–Crippen MR) is 41.1 cm³/mol. The number of carbonyl (C=O) groups excluding carboxylic acids is 1. The summed E-state index contributed by atoms with van der Waals surface area (Å²) in [4.78, 5) is 15.0. The van der Waals surface area contributed by atoms with Crippen LogP contribution in [0.25, 0.3) is 0 Å². The summed E-state index contributed by atoms with van der Waals surface area (Å²) in [6.45, 7) is 5.46. The Morgan fingerprint density at radius 1 is 1.50 bits per heavy atom. The maximum atomic E-state index is 10.8. The van der Waals surface area contributed by atoms with Crippen LogP contribution in [0.3, 0.4) is 0 Å². The Hall–Kier alpha value is -0.920. The van der Waals surface area contributed by atoms with Crippen molar-refractivity contribution in [3.05, 3.63) is 11.3 Å². The number of aliphatic imine (C=N–C) groups is 1. The van der Waals surface area contributed by atoms with Crippen molar-refractivity contribution in [2.24, 2.45) is 4.99 Å². The molecule has 0 N–H and O–H groups in total. The van der Waals surface area contributed by atoms with Crippen molar-refractivity contribution in [1.82, 2.24) is 0 Å². The summed E-state index contributed by atoms with van der Waals surface area (Å²) in [5.74, 6) is 0.0781. The van der Waals surface area contributed by atoms with Gasteiger partial charge in [-0.25, -0.2) is 0 Å². The molecule has 0 aromatic rings. The molecule has 1 aliphatic rings. The molecule has 1 heterocycles. The zero-order valence-corrected chi connectivity index (χ0v) is 6.56. The summed E-state index contributed by atoms with van der Waals surface area (Å²) >= 11 is 0. The van der Waals surface area contributed by atoms with E-state index in [1.54, 1.807) is 6.92 Å². The van der Waals surface area contributed by atoms with Crippen LogP contribution in [-0.2, 0) is 4.79 Å². The highest BCUT2D eigenvalue weighted by atomic mass is 16.1. The van der Waals surface area contributed by atoms with Gasteiger partial charge in [0.05, 0.1) is 0 Å². The Kier molecular flexibility index (Phi) is 1.70. The highest BCUT2D eigenvalue weighted by molar-refractivity contribution is 6.01. The first-order valence-electron chi connectivity index (χ1n) is 3.36. The summed E-state index contributed by atoms with van der Waals surface area (Å²) in [5, 5.41) is 0. The normalized spacial score (nSPS) is 17.7. The van der Waals surface area contributed by atoms with E-state index in [0.717, 1.165) is 17.7 Å². The van der Waals surface area contributed by atoms with Crippen LogP contribution in [0.2, 0.25) is 0 Å². The van der Waals surface area contributed by atoms with E-state index >= 15 is 0 Å². The molecule has 0 aliphatic carbocycles. The lowest BCUT2D eigenvalue weighted by molar-refractivity contribution is -0.113. The zero-order chi connectivity index (χ0) is 7.72. The van der Waals surface area contributed by atoms with E-state index in [4.69, 9.17) is 0 Å². The fourth-order valence-electron chi connectivity index (χ4n) is 1.17. The van der Waals surface area contributed by atoms with Crippen LogP contribution in [0.15, 0.2) is 16.3 Å². The monoisotopic (exact) mass is 137 g/mol. The molecule has 1 aliphatic heterocycles. The molecular formula is C8H11NO. The van der Waals surface area contributed by atoms with Crippen molar-refractivity contribution >= 4 is 11.5 Å². The summed E-state index contributed by atoms with van der Waals surface area (Å²) < 4.78 is 0. The van der Waals surface area contributed by atoms with Crippen molar-refractivity contribution in [3.8, 4) is 0 Å². The number of carbonyl (C=O) groups is 1. The van der Waals surface area contributed by atoms with Gasteiger partial charge in [-0.1, -0.05) is 0 Å². The van der Waals surface area contributed by atoms with Crippen molar-refractivity contribution in [2.45, 2.75) is 27.2 Å². The second kappa shape index (κ2) is 2.37. The molecule has 0 radical (unpaired) electrons. The number of hydrogen-bond acceptors (Lipinski definition) is 2. The number of hydrogen-bond donors (Lipinski definition) is 0. The van der Waals surface area contributed by atoms with E-state index in [9.17, 15) is 4.79 Å². The predicted octanol–water partition coefficient (Wildman–Crippen LogP) is 1.71. The van der Waals surface area contributed by atoms with E-state index in [1.807, 2.05) is 13.8 Å². The fourth-order valence-corrected chi connectivity index (χ4v) is 1.17. The molecule has 0 amide bonds. The topological polar surface area (TPSA) is 29.4 Å². The lowest BCUT2D eigenvalue weighted by Crippen LogP contribution is -1.92. The molecule has 54 valence electrons. The summed E-state index contributed by atoms with van der Waals surface area (Å²) in [6, 6.07) is 0. The average molecular weight is 137 g/mol. The van der Waals surface area contributed by atoms with Crippen LogP contribution >= 0.6 is 0 Å². The van der Waals surface area contributed by atoms with Crippen LogP contribution in [-0.4, -0.2) is 11.5 Å². The lowest BCUT2D eigenvalue weighted by atomic mass is 10.1. The Labute approximate surface area is 60.7 Å². The summed E-state index contributed by atoms with van der Waals surface area (Å²) in [5.41, 5.74) is 2.81. The van der Waals surface area contributed by atoms with Gasteiger partial charge in [0.2, 0.25) is 0 Å². The molecule has 0 saturated carbocycles. The van der Waals surface area contributed by atoms with E-state index in [0.29, 0.717) is 5.70 Å². The van der Waals surface area contributed by atoms with Crippen LogP contribution in [0.5, 0.6) is 0 Å². The van der Waals surface area contributed by atoms with E-state index in [1.165, 1.54) is 0 Å². The maximum Gasteiger partial charge on any atom is 0.178 e. The molecule has 2 nitrogen and oxygen atoms in total. The highest BCUT2D eigenvalue weighted by Crippen LogP contribution is 2.19. The number of nitrogens with zero attached hydrogens (tertiary/aromatic N) is 1. The van der Waals surface area contributed by atoms with Crippen LogP contribution in [0.4, 0.5) is 0 Å². The Bertz CT molecular complexity index is 236. The van der Waals surface area contributed by atoms with Crippen molar-refractivity contribution in [1.29, 1.82) is 0 Å². The van der Waals surface area contributed by atoms with E-state index in [-0.39, 0.29) is 5.78 Å². The minimum absolute atomic E-state index is 0.0781. The van der Waals surface area contributed by atoms with Crippen LogP contribution in [0, 0.1) is 0 Å². The molecule has 10 heavy (non-hydrogen) atoms. The molecule has 2 heteroatoms. The molecule has 0 unspecified atom stereocenters. The summed E-state index contributed by atoms with van der Waals surface area (Å²) in [7, 11) is 0. The Morgan fingerprint density at radius 2 is 2.10 bits per heavy atom. The first-order chi connectivity index (χ1) is 4.61. The van der Waals surface area contributed by atoms with Gasteiger partial charge in [0.1, 0.15) is 5.70 Å². The largest absolute Gasteiger partial charge is 0.293 e. The minimum atomic E-state index is 0.0781. The Balaban J connectivity index is 2.93. The van der Waals surface area contributed by atoms with Gasteiger partial charge in [-0.05, 0) is 19.4 Å². The second-order valence-corrected chi connectivity index (χ2v) is 2.71. The molecule has 1 rings (SSSR count). The first kappa shape index (κ1) is 7.19. The number of Topliss-reactive ketones (excluding diaryl/α,β-unsaturated/α-hetero) is 1. The van der Waals surface area contributed by atoms with Gasteiger partial charge < -0.3 is 0 Å². The van der Waals surface area contributed by atoms with Crippen molar-refractivity contribution < 1.29 is 4.79 Å². The van der Waals surface area contributed by atoms with Crippen LogP contribution < -0.4 is 0 Å². The van der Waals surface area contributed by atoms with Gasteiger partial charge in [0, 0.05) is 19.1 Å². The van der Waals surface area contributed by atoms with Crippen molar-refractivity contribution in [2.75, 3.05) is 0 Å². The maximum absolute atomic E-state index is 10.8. The minimum Gasteiger partial charge on any atom is -0.293 e. The molecule has 0 fully saturated rings. The van der Waals surface area contributed by atoms with Crippen molar-refractivity contribution in [3.63, 3.8) is 0 Å². The van der Waals surface area contributed by atoms with E-state index < -0.39 is 0 Å². The highest BCUT2D eigenvalue weighted by Gasteiger charge is 2.13. The van der Waals surface area contributed by atoms with Gasteiger partial charge in [-0.2, -0.15) is 0 Å². The quantitative estimate of drug-likeness (QED) is 0.541. The van der Waals surface area contributed by atoms with E-state index in [2.05, 4.69) is 4.99 Å². The fraction of sp³-hybridized carbons (Fsp3) is 0.500. The zero-order valence-electron chi connectivity index (χ0n) is 6.56. The first-order valence-corrected chi connectivity index (χ1v) is 3.36. The number of rotatable bonds is 1. The third-order valence-electron chi connectivity index (χ3n) is 1.56. The standard InChI is InChI=1S/C8H11NO/c1-5-4-6(2)9-8(5)7(3)10/h4H2,1-3H3. The van der Waals surface area contributed by atoms with Crippen LogP contribution in [0.1, 0.15) is 27.2 Å². The van der Waals surface area contributed by atoms with Gasteiger partial charge in [0.25, 0.3) is 0 Å². The number of ketones is 1. The van der Waals surface area contributed by atoms with Gasteiger partial charge in [-0.15, -0.1) is 0 Å². The third-order valence-corrected chi connectivity index (χ3v) is 1.56. The van der Waals surface area contributed by atoms with Gasteiger partial charge in [0.15, 0.2) is 5.78 Å². The SMILES string of the molecule is CC(=O)C1=C(C)CC(C)=N1. The molecule has 0 aromatic heterocycles.